The van der Waals surface area contributed by atoms with Crippen LogP contribution in [0.15, 0.2) is 12.2 Å². The predicted molar refractivity (Wildman–Crippen MR) is 68.1 cm³/mol. The summed E-state index contributed by atoms with van der Waals surface area (Å²) in [5, 5.41) is 9.03. The first-order chi connectivity index (χ1) is 8.61. The molecule has 4 nitrogen and oxygen atoms in total. The summed E-state index contributed by atoms with van der Waals surface area (Å²) in [4.78, 5) is 25.1. The number of aliphatic carboxylic acids is 1. The van der Waals surface area contributed by atoms with E-state index in [0.717, 1.165) is 38.6 Å². The van der Waals surface area contributed by atoms with Gasteiger partial charge in [-0.15, -0.1) is 0 Å². The van der Waals surface area contributed by atoms with Gasteiger partial charge in [-0.3, -0.25) is 9.59 Å². The predicted octanol–water partition coefficient (Wildman–Crippen LogP) is 2.20. The molecule has 0 saturated heterocycles. The van der Waals surface area contributed by atoms with E-state index in [1.54, 1.807) is 0 Å². The third kappa shape index (κ3) is 3.12. The van der Waals surface area contributed by atoms with Gasteiger partial charge in [-0.2, -0.15) is 0 Å². The molecule has 1 aliphatic carbocycles. The Balaban J connectivity index is 1.98. The first-order valence-corrected chi connectivity index (χ1v) is 6.76. The highest BCUT2D eigenvalue weighted by molar-refractivity contribution is 5.78. The van der Waals surface area contributed by atoms with Gasteiger partial charge in [-0.25, -0.2) is 0 Å². The monoisotopic (exact) mass is 251 g/mol. The Morgan fingerprint density at radius 2 is 1.89 bits per heavy atom. The second-order valence-corrected chi connectivity index (χ2v) is 5.55. The summed E-state index contributed by atoms with van der Waals surface area (Å²) in [5.41, 5.74) is -0.274. The Morgan fingerprint density at radius 3 is 2.44 bits per heavy atom. The van der Waals surface area contributed by atoms with Crippen LogP contribution in [0.3, 0.4) is 0 Å². The molecule has 0 aromatic carbocycles. The Labute approximate surface area is 108 Å². The lowest BCUT2D eigenvalue weighted by Gasteiger charge is -2.31. The van der Waals surface area contributed by atoms with E-state index in [9.17, 15) is 9.59 Å². The summed E-state index contributed by atoms with van der Waals surface area (Å²) in [6, 6.07) is 0. The highest BCUT2D eigenvalue weighted by Crippen LogP contribution is 2.44. The second kappa shape index (κ2) is 5.55. The average Bonchev–Trinajstić information content (AvgIpc) is 2.77. The van der Waals surface area contributed by atoms with Gasteiger partial charge in [0, 0.05) is 19.5 Å². The van der Waals surface area contributed by atoms with E-state index in [1.807, 2.05) is 11.0 Å². The molecule has 0 aromatic heterocycles. The van der Waals surface area contributed by atoms with Gasteiger partial charge in [0.05, 0.1) is 6.42 Å². The van der Waals surface area contributed by atoms with Gasteiger partial charge in [0.1, 0.15) is 0 Å². The van der Waals surface area contributed by atoms with Gasteiger partial charge in [0.25, 0.3) is 0 Å². The quantitative estimate of drug-likeness (QED) is 0.779. The number of rotatable bonds is 4. The maximum atomic E-state index is 12.2. The maximum Gasteiger partial charge on any atom is 0.303 e. The Bertz CT molecular complexity index is 356. The van der Waals surface area contributed by atoms with Crippen molar-refractivity contribution in [3.05, 3.63) is 12.2 Å². The van der Waals surface area contributed by atoms with E-state index >= 15 is 0 Å². The zero-order valence-electron chi connectivity index (χ0n) is 10.7. The molecule has 0 bridgehead atoms. The number of hydrogen-bond acceptors (Lipinski definition) is 2. The molecule has 2 aliphatic rings. The lowest BCUT2D eigenvalue weighted by atomic mass is 9.79. The van der Waals surface area contributed by atoms with Crippen molar-refractivity contribution < 1.29 is 14.7 Å². The second-order valence-electron chi connectivity index (χ2n) is 5.55. The number of carboxylic acid groups (broad SMARTS) is 1. The molecular weight excluding hydrogens is 230 g/mol. The maximum absolute atomic E-state index is 12.2. The van der Waals surface area contributed by atoms with Crippen LogP contribution in [0.2, 0.25) is 0 Å². The van der Waals surface area contributed by atoms with Crippen LogP contribution in [-0.4, -0.2) is 35.0 Å². The summed E-state index contributed by atoms with van der Waals surface area (Å²) in [7, 11) is 0. The highest BCUT2D eigenvalue weighted by Gasteiger charge is 2.38. The van der Waals surface area contributed by atoms with Crippen molar-refractivity contribution >= 4 is 11.9 Å². The molecule has 0 spiro atoms. The van der Waals surface area contributed by atoms with Gasteiger partial charge in [0.15, 0.2) is 0 Å². The zero-order chi connectivity index (χ0) is 13.0. The summed E-state index contributed by atoms with van der Waals surface area (Å²) < 4.78 is 0. The van der Waals surface area contributed by atoms with Crippen LogP contribution in [0.25, 0.3) is 0 Å². The van der Waals surface area contributed by atoms with E-state index < -0.39 is 5.97 Å². The van der Waals surface area contributed by atoms with Crippen LogP contribution < -0.4 is 0 Å². The zero-order valence-corrected chi connectivity index (χ0v) is 10.7. The molecule has 1 amide bonds. The molecule has 1 heterocycles. The Kier molecular flexibility index (Phi) is 4.04. The number of hydrogen-bond donors (Lipinski definition) is 1. The smallest absolute Gasteiger partial charge is 0.303 e. The minimum atomic E-state index is -0.775. The molecule has 1 saturated carbocycles. The molecule has 0 unspecified atom stereocenters. The lowest BCUT2D eigenvalue weighted by Crippen LogP contribution is -2.37. The fourth-order valence-electron chi connectivity index (χ4n) is 3.16. The van der Waals surface area contributed by atoms with E-state index in [-0.39, 0.29) is 17.7 Å². The minimum absolute atomic E-state index is 0.127. The Hall–Kier alpha value is -1.32. The lowest BCUT2D eigenvalue weighted by molar-refractivity contribution is -0.141. The third-order valence-electron chi connectivity index (χ3n) is 4.13. The van der Waals surface area contributed by atoms with Crippen molar-refractivity contribution in [2.45, 2.75) is 44.9 Å². The van der Waals surface area contributed by atoms with Crippen molar-refractivity contribution in [1.82, 2.24) is 4.90 Å². The average molecular weight is 251 g/mol. The molecular formula is C14H21NO3. The van der Waals surface area contributed by atoms with Gasteiger partial charge < -0.3 is 10.0 Å². The molecule has 0 aromatic rings. The molecule has 18 heavy (non-hydrogen) atoms. The molecule has 1 fully saturated rings. The van der Waals surface area contributed by atoms with Crippen LogP contribution in [0.5, 0.6) is 0 Å². The molecule has 1 aliphatic heterocycles. The molecule has 2 rings (SSSR count). The minimum Gasteiger partial charge on any atom is -0.481 e. The largest absolute Gasteiger partial charge is 0.481 e. The van der Waals surface area contributed by atoms with Crippen LogP contribution in [0.1, 0.15) is 44.9 Å². The first-order valence-electron chi connectivity index (χ1n) is 6.76. The number of carbonyl (C=O) groups excluding carboxylic acids is 1. The standard InChI is InChI=1S/C14H21NO3/c16-12(15-8-4-1-5-9-15)10-14(11-13(17)18)6-2-3-7-14/h1,4H,2-3,5-11H2,(H,17,18). The number of carbonyl (C=O) groups is 2. The molecule has 1 N–H and O–H groups in total. The van der Waals surface area contributed by atoms with Crippen LogP contribution in [-0.2, 0) is 9.59 Å². The van der Waals surface area contributed by atoms with Crippen LogP contribution in [0, 0.1) is 5.41 Å². The van der Waals surface area contributed by atoms with Crippen molar-refractivity contribution in [1.29, 1.82) is 0 Å². The van der Waals surface area contributed by atoms with E-state index in [1.165, 1.54) is 0 Å². The van der Waals surface area contributed by atoms with Crippen LogP contribution in [0.4, 0.5) is 0 Å². The first kappa shape index (κ1) is 13.1. The molecule has 0 radical (unpaired) electrons. The molecule has 4 heteroatoms. The van der Waals surface area contributed by atoms with Crippen molar-refractivity contribution in [2.75, 3.05) is 13.1 Å². The normalized spacial score (nSPS) is 22.1. The summed E-state index contributed by atoms with van der Waals surface area (Å²) in [6.07, 6.45) is 9.45. The van der Waals surface area contributed by atoms with E-state index in [0.29, 0.717) is 13.0 Å². The van der Waals surface area contributed by atoms with E-state index in [2.05, 4.69) is 6.08 Å². The van der Waals surface area contributed by atoms with Crippen molar-refractivity contribution in [3.63, 3.8) is 0 Å². The summed E-state index contributed by atoms with van der Waals surface area (Å²) >= 11 is 0. The van der Waals surface area contributed by atoms with Gasteiger partial charge in [-0.1, -0.05) is 25.0 Å². The fraction of sp³-hybridized carbons (Fsp3) is 0.714. The number of nitrogens with zero attached hydrogens (tertiary/aromatic N) is 1. The van der Waals surface area contributed by atoms with Crippen molar-refractivity contribution in [2.24, 2.45) is 5.41 Å². The van der Waals surface area contributed by atoms with Gasteiger partial charge >= 0.3 is 5.97 Å². The SMILES string of the molecule is O=C(O)CC1(CC(=O)N2CC=CCC2)CCCC1. The van der Waals surface area contributed by atoms with Crippen LogP contribution >= 0.6 is 0 Å². The van der Waals surface area contributed by atoms with E-state index in [4.69, 9.17) is 5.11 Å². The third-order valence-corrected chi connectivity index (χ3v) is 4.13. The Morgan fingerprint density at radius 1 is 1.17 bits per heavy atom. The fourth-order valence-corrected chi connectivity index (χ4v) is 3.16. The topological polar surface area (TPSA) is 57.6 Å². The van der Waals surface area contributed by atoms with Gasteiger partial charge in [-0.05, 0) is 24.7 Å². The van der Waals surface area contributed by atoms with Gasteiger partial charge in [0.2, 0.25) is 5.91 Å². The van der Waals surface area contributed by atoms with Crippen molar-refractivity contribution in [3.8, 4) is 0 Å². The highest BCUT2D eigenvalue weighted by atomic mass is 16.4. The summed E-state index contributed by atoms with van der Waals surface area (Å²) in [6.45, 7) is 1.46. The molecule has 100 valence electrons. The number of amides is 1. The number of carboxylic acids is 1. The summed E-state index contributed by atoms with van der Waals surface area (Å²) in [5.74, 6) is -0.647. The molecule has 0 atom stereocenters.